The van der Waals surface area contributed by atoms with E-state index in [0.717, 1.165) is 24.5 Å². The summed E-state index contributed by atoms with van der Waals surface area (Å²) in [5, 5.41) is 4.64. The lowest BCUT2D eigenvalue weighted by Crippen LogP contribution is -2.29. The molecule has 3 heterocycles. The van der Waals surface area contributed by atoms with Gasteiger partial charge in [0.05, 0.1) is 17.4 Å². The molecule has 0 N–H and O–H groups in total. The van der Waals surface area contributed by atoms with Gasteiger partial charge < -0.3 is 0 Å². The fraction of sp³-hybridized carbons (Fsp3) is 0.529. The van der Waals surface area contributed by atoms with Crippen molar-refractivity contribution < 1.29 is 0 Å². The molecule has 1 aliphatic rings. The summed E-state index contributed by atoms with van der Waals surface area (Å²) in [6.45, 7) is 4.11. The van der Waals surface area contributed by atoms with E-state index in [1.807, 2.05) is 17.9 Å². The predicted molar refractivity (Wildman–Crippen MR) is 83.8 cm³/mol. The van der Waals surface area contributed by atoms with Crippen LogP contribution in [0, 0.1) is 6.92 Å². The molecule has 1 atom stereocenters. The lowest BCUT2D eigenvalue weighted by molar-refractivity contribution is 0.186. The Labute approximate surface area is 126 Å². The van der Waals surface area contributed by atoms with Gasteiger partial charge in [-0.15, -0.1) is 0 Å². The molecule has 3 rings (SSSR count). The number of rotatable bonds is 3. The molecule has 0 aromatic carbocycles. The van der Waals surface area contributed by atoms with Crippen LogP contribution in [0.2, 0.25) is 0 Å². The Morgan fingerprint density at radius 3 is 2.86 bits per heavy atom. The molecule has 0 amide bonds. The maximum Gasteiger partial charge on any atom is 0.0796 e. The van der Waals surface area contributed by atoms with Gasteiger partial charge in [-0.1, -0.05) is 18.9 Å². The molecule has 21 heavy (non-hydrogen) atoms. The normalized spacial score (nSPS) is 20.4. The van der Waals surface area contributed by atoms with Crippen molar-refractivity contribution in [2.75, 3.05) is 6.54 Å². The Kier molecular flexibility index (Phi) is 4.34. The summed E-state index contributed by atoms with van der Waals surface area (Å²) >= 11 is 0. The zero-order valence-corrected chi connectivity index (χ0v) is 13.0. The van der Waals surface area contributed by atoms with E-state index < -0.39 is 0 Å². The van der Waals surface area contributed by atoms with Crippen molar-refractivity contribution in [3.05, 3.63) is 47.5 Å². The van der Waals surface area contributed by atoms with Crippen LogP contribution >= 0.6 is 0 Å². The highest BCUT2D eigenvalue weighted by atomic mass is 15.3. The van der Waals surface area contributed by atoms with Crippen LogP contribution in [0.1, 0.15) is 48.8 Å². The van der Waals surface area contributed by atoms with E-state index in [2.05, 4.69) is 46.2 Å². The molecule has 4 heteroatoms. The first kappa shape index (κ1) is 14.3. The van der Waals surface area contributed by atoms with Crippen molar-refractivity contribution in [2.24, 2.45) is 7.05 Å². The molecule has 1 saturated heterocycles. The Hall–Kier alpha value is -1.68. The maximum absolute atomic E-state index is 4.66. The largest absolute Gasteiger partial charge is 0.289 e. The Morgan fingerprint density at radius 1 is 1.19 bits per heavy atom. The van der Waals surface area contributed by atoms with Crippen LogP contribution in [0.25, 0.3) is 0 Å². The molecule has 0 bridgehead atoms. The minimum atomic E-state index is 0.427. The van der Waals surface area contributed by atoms with E-state index in [1.165, 1.54) is 31.4 Å². The zero-order valence-electron chi connectivity index (χ0n) is 13.0. The van der Waals surface area contributed by atoms with Crippen molar-refractivity contribution in [3.8, 4) is 0 Å². The third kappa shape index (κ3) is 3.50. The SMILES string of the molecule is Cc1cccc(CN2CCCCC[C@H]2c2ccn(C)n2)n1. The molecule has 112 valence electrons. The maximum atomic E-state index is 4.66. The Bertz CT molecular complexity index is 590. The molecule has 1 fully saturated rings. The second kappa shape index (κ2) is 6.39. The number of aromatic nitrogens is 3. The van der Waals surface area contributed by atoms with Crippen LogP contribution in [-0.2, 0) is 13.6 Å². The van der Waals surface area contributed by atoms with Crippen LogP contribution in [0.3, 0.4) is 0 Å². The second-order valence-electron chi connectivity index (χ2n) is 6.02. The summed E-state index contributed by atoms with van der Waals surface area (Å²) in [7, 11) is 1.99. The van der Waals surface area contributed by atoms with Gasteiger partial charge in [0.25, 0.3) is 0 Å². The molecule has 2 aromatic heterocycles. The molecule has 4 nitrogen and oxygen atoms in total. The van der Waals surface area contributed by atoms with Crippen molar-refractivity contribution >= 4 is 0 Å². The van der Waals surface area contributed by atoms with E-state index in [9.17, 15) is 0 Å². The quantitative estimate of drug-likeness (QED) is 0.867. The Morgan fingerprint density at radius 2 is 2.10 bits per heavy atom. The van der Waals surface area contributed by atoms with Crippen LogP contribution in [0.5, 0.6) is 0 Å². The summed E-state index contributed by atoms with van der Waals surface area (Å²) in [5.41, 5.74) is 3.46. The first-order valence-corrected chi connectivity index (χ1v) is 7.88. The highest BCUT2D eigenvalue weighted by Gasteiger charge is 2.24. The molecular formula is C17H24N4. The smallest absolute Gasteiger partial charge is 0.0796 e. The van der Waals surface area contributed by atoms with Crippen LogP contribution < -0.4 is 0 Å². The molecule has 0 saturated carbocycles. The predicted octanol–water partition coefficient (Wildman–Crippen LogP) is 3.24. The third-order valence-corrected chi connectivity index (χ3v) is 4.25. The molecule has 1 aliphatic heterocycles. The van der Waals surface area contributed by atoms with Crippen LogP contribution in [-0.4, -0.2) is 26.2 Å². The first-order chi connectivity index (χ1) is 10.2. The van der Waals surface area contributed by atoms with Crippen LogP contribution in [0.4, 0.5) is 0 Å². The van der Waals surface area contributed by atoms with E-state index >= 15 is 0 Å². The number of pyridine rings is 1. The summed E-state index contributed by atoms with van der Waals surface area (Å²) in [6, 6.07) is 8.88. The molecule has 0 unspecified atom stereocenters. The highest BCUT2D eigenvalue weighted by molar-refractivity contribution is 5.12. The number of likely N-dealkylation sites (tertiary alicyclic amines) is 1. The molecule has 0 radical (unpaired) electrons. The highest BCUT2D eigenvalue weighted by Crippen LogP contribution is 2.30. The fourth-order valence-corrected chi connectivity index (χ4v) is 3.20. The van der Waals surface area contributed by atoms with Gasteiger partial charge in [0.1, 0.15) is 0 Å². The van der Waals surface area contributed by atoms with E-state index in [-0.39, 0.29) is 0 Å². The minimum absolute atomic E-state index is 0.427. The lowest BCUT2D eigenvalue weighted by Gasteiger charge is -2.28. The third-order valence-electron chi connectivity index (χ3n) is 4.25. The monoisotopic (exact) mass is 284 g/mol. The molecule has 0 aliphatic carbocycles. The van der Waals surface area contributed by atoms with E-state index in [1.54, 1.807) is 0 Å². The summed E-state index contributed by atoms with van der Waals surface area (Å²) in [5.74, 6) is 0. The van der Waals surface area contributed by atoms with Gasteiger partial charge in [-0.25, -0.2) is 0 Å². The first-order valence-electron chi connectivity index (χ1n) is 7.88. The van der Waals surface area contributed by atoms with Gasteiger partial charge >= 0.3 is 0 Å². The average molecular weight is 284 g/mol. The van der Waals surface area contributed by atoms with Crippen molar-refractivity contribution in [1.29, 1.82) is 0 Å². The van der Waals surface area contributed by atoms with Gasteiger partial charge in [0.15, 0.2) is 0 Å². The number of aryl methyl sites for hydroxylation is 2. The van der Waals surface area contributed by atoms with Gasteiger partial charge in [-0.2, -0.15) is 5.10 Å². The summed E-state index contributed by atoms with van der Waals surface area (Å²) in [6.07, 6.45) is 7.13. The van der Waals surface area contributed by atoms with Gasteiger partial charge in [0.2, 0.25) is 0 Å². The van der Waals surface area contributed by atoms with Crippen molar-refractivity contribution in [1.82, 2.24) is 19.7 Å². The Balaban J connectivity index is 1.81. The van der Waals surface area contributed by atoms with Crippen molar-refractivity contribution in [2.45, 2.75) is 45.2 Å². The summed E-state index contributed by atoms with van der Waals surface area (Å²) in [4.78, 5) is 7.22. The second-order valence-corrected chi connectivity index (χ2v) is 6.02. The zero-order chi connectivity index (χ0) is 14.7. The molecule has 2 aromatic rings. The topological polar surface area (TPSA) is 34.0 Å². The fourth-order valence-electron chi connectivity index (χ4n) is 3.20. The minimum Gasteiger partial charge on any atom is -0.289 e. The van der Waals surface area contributed by atoms with Gasteiger partial charge in [-0.3, -0.25) is 14.6 Å². The van der Waals surface area contributed by atoms with Gasteiger partial charge in [0, 0.05) is 25.5 Å². The van der Waals surface area contributed by atoms with E-state index in [0.29, 0.717) is 6.04 Å². The standard InChI is InChI=1S/C17H24N4/c1-14-7-6-8-15(18-14)13-21-11-5-3-4-9-17(21)16-10-12-20(2)19-16/h6-8,10,12,17H,3-5,9,11,13H2,1-2H3/t17-/m0/s1. The molecular weight excluding hydrogens is 260 g/mol. The lowest BCUT2D eigenvalue weighted by atomic mass is 10.1. The summed E-state index contributed by atoms with van der Waals surface area (Å²) < 4.78 is 1.91. The van der Waals surface area contributed by atoms with E-state index in [4.69, 9.17) is 0 Å². The average Bonchev–Trinajstić information content (AvgIpc) is 2.75. The number of hydrogen-bond acceptors (Lipinski definition) is 3. The number of nitrogens with zero attached hydrogens (tertiary/aromatic N) is 4. The van der Waals surface area contributed by atoms with Crippen LogP contribution in [0.15, 0.2) is 30.5 Å². The molecule has 0 spiro atoms. The number of hydrogen-bond donors (Lipinski definition) is 0. The van der Waals surface area contributed by atoms with Gasteiger partial charge in [-0.05, 0) is 44.5 Å². The van der Waals surface area contributed by atoms with Crippen molar-refractivity contribution in [3.63, 3.8) is 0 Å².